The molecule has 0 spiro atoms. The maximum Gasteiger partial charge on any atom is 0.320 e. The van der Waals surface area contributed by atoms with Gasteiger partial charge in [0, 0.05) is 42.0 Å². The molecule has 2 aromatic heterocycles. The fourth-order valence-electron chi connectivity index (χ4n) is 3.77. The summed E-state index contributed by atoms with van der Waals surface area (Å²) in [6.07, 6.45) is 5.37. The van der Waals surface area contributed by atoms with Crippen molar-refractivity contribution in [3.05, 3.63) is 35.9 Å². The molecule has 1 aliphatic carbocycles. The van der Waals surface area contributed by atoms with E-state index < -0.39 is 5.82 Å². The SMILES string of the molecule is Cc1c(-c2cc3cc(NC(=O)NCC4CC4)ncc3c(N)c2F)cnc2c1NCCO2. The topological polar surface area (TPSA) is 114 Å². The second kappa shape index (κ2) is 7.57. The van der Waals surface area contributed by atoms with Crippen LogP contribution in [0.1, 0.15) is 18.4 Å². The summed E-state index contributed by atoms with van der Waals surface area (Å²) in [7, 11) is 0. The van der Waals surface area contributed by atoms with Crippen LogP contribution >= 0.6 is 0 Å². The molecule has 1 fully saturated rings. The summed E-state index contributed by atoms with van der Waals surface area (Å²) in [6.45, 7) is 3.74. The van der Waals surface area contributed by atoms with Crippen LogP contribution in [0, 0.1) is 18.7 Å². The number of benzene rings is 1. The Labute approximate surface area is 178 Å². The summed E-state index contributed by atoms with van der Waals surface area (Å²) >= 11 is 0. The number of anilines is 3. The van der Waals surface area contributed by atoms with E-state index in [1.165, 1.54) is 6.20 Å². The molecule has 3 heterocycles. The maximum absolute atomic E-state index is 15.2. The minimum Gasteiger partial charge on any atom is -0.474 e. The Balaban J connectivity index is 1.51. The number of carbonyl (C=O) groups excluding carboxylic acids is 1. The van der Waals surface area contributed by atoms with Crippen LogP contribution in [-0.4, -0.2) is 35.7 Å². The minimum atomic E-state index is -0.529. The van der Waals surface area contributed by atoms with Crippen LogP contribution < -0.4 is 26.4 Å². The molecule has 5 rings (SSSR count). The highest BCUT2D eigenvalue weighted by molar-refractivity contribution is 5.99. The van der Waals surface area contributed by atoms with Crippen molar-refractivity contribution in [1.82, 2.24) is 15.3 Å². The number of urea groups is 1. The molecule has 8 nitrogen and oxygen atoms in total. The Hall–Kier alpha value is -3.62. The van der Waals surface area contributed by atoms with Gasteiger partial charge >= 0.3 is 6.03 Å². The number of aromatic nitrogens is 2. The highest BCUT2D eigenvalue weighted by atomic mass is 19.1. The number of pyridine rings is 2. The molecular formula is C22H23FN6O2. The van der Waals surface area contributed by atoms with Gasteiger partial charge in [-0.1, -0.05) is 0 Å². The first-order valence-corrected chi connectivity index (χ1v) is 10.3. The lowest BCUT2D eigenvalue weighted by Gasteiger charge is -2.22. The number of rotatable bonds is 4. The van der Waals surface area contributed by atoms with Crippen LogP contribution in [0.3, 0.4) is 0 Å². The van der Waals surface area contributed by atoms with Crippen LogP contribution in [0.25, 0.3) is 21.9 Å². The normalized spacial score (nSPS) is 15.0. The first kappa shape index (κ1) is 19.3. The first-order valence-electron chi connectivity index (χ1n) is 10.3. The van der Waals surface area contributed by atoms with E-state index in [4.69, 9.17) is 10.5 Å². The number of fused-ring (bicyclic) bond motifs is 2. The standard InChI is InChI=1S/C22H23FN6O2/c1-11-15(9-27-21-20(11)25-4-5-31-21)14-6-13-7-17(26-10-16(13)19(24)18(14)23)29-22(30)28-8-12-2-3-12/h6-7,9-10,12,25H,2-5,8,24H2,1H3,(H2,26,28,29,30). The highest BCUT2D eigenvalue weighted by Crippen LogP contribution is 2.39. The Morgan fingerprint density at radius 2 is 2.13 bits per heavy atom. The second-order valence-corrected chi connectivity index (χ2v) is 7.97. The van der Waals surface area contributed by atoms with Crippen molar-refractivity contribution in [3.63, 3.8) is 0 Å². The molecular weight excluding hydrogens is 399 g/mol. The van der Waals surface area contributed by atoms with Crippen molar-refractivity contribution in [3.8, 4) is 17.0 Å². The van der Waals surface area contributed by atoms with Gasteiger partial charge in [-0.25, -0.2) is 19.2 Å². The van der Waals surface area contributed by atoms with E-state index in [1.807, 2.05) is 6.92 Å². The van der Waals surface area contributed by atoms with Crippen LogP contribution in [0.5, 0.6) is 5.88 Å². The number of carbonyl (C=O) groups is 1. The molecule has 3 aromatic rings. The predicted octanol–water partition coefficient (Wildman–Crippen LogP) is 3.66. The van der Waals surface area contributed by atoms with Gasteiger partial charge in [0.05, 0.1) is 5.69 Å². The van der Waals surface area contributed by atoms with E-state index in [-0.39, 0.29) is 11.7 Å². The number of nitrogens with two attached hydrogens (primary N) is 1. The van der Waals surface area contributed by atoms with Crippen LogP contribution in [0.15, 0.2) is 24.5 Å². The molecule has 160 valence electrons. The summed E-state index contributed by atoms with van der Waals surface area (Å²) in [5.74, 6) is 0.926. The molecule has 0 atom stereocenters. The molecule has 1 aromatic carbocycles. The summed E-state index contributed by atoms with van der Waals surface area (Å²) in [5, 5.41) is 9.97. The quantitative estimate of drug-likeness (QED) is 0.477. The lowest BCUT2D eigenvalue weighted by Crippen LogP contribution is -2.30. The van der Waals surface area contributed by atoms with Crippen molar-refractivity contribution >= 4 is 34.0 Å². The molecule has 0 unspecified atom stereocenters. The number of hydrogen-bond donors (Lipinski definition) is 4. The highest BCUT2D eigenvalue weighted by Gasteiger charge is 2.22. The molecule has 2 aliphatic rings. The summed E-state index contributed by atoms with van der Waals surface area (Å²) in [6, 6.07) is 3.08. The number of amides is 2. The Morgan fingerprint density at radius 1 is 1.29 bits per heavy atom. The van der Waals surface area contributed by atoms with Crippen molar-refractivity contribution in [2.75, 3.05) is 36.1 Å². The third kappa shape index (κ3) is 3.67. The van der Waals surface area contributed by atoms with Crippen molar-refractivity contribution < 1.29 is 13.9 Å². The summed E-state index contributed by atoms with van der Waals surface area (Å²) in [5.41, 5.74) is 8.65. The number of ether oxygens (including phenoxy) is 1. The Kier molecular flexibility index (Phi) is 4.72. The van der Waals surface area contributed by atoms with Crippen LogP contribution in [0.2, 0.25) is 0 Å². The monoisotopic (exact) mass is 422 g/mol. The molecule has 31 heavy (non-hydrogen) atoms. The van der Waals surface area contributed by atoms with Crippen LogP contribution in [-0.2, 0) is 0 Å². The number of nitrogens with zero attached hydrogens (tertiary/aromatic N) is 2. The Bertz CT molecular complexity index is 1190. The molecule has 0 saturated heterocycles. The summed E-state index contributed by atoms with van der Waals surface area (Å²) < 4.78 is 20.8. The van der Waals surface area contributed by atoms with E-state index in [2.05, 4.69) is 25.9 Å². The van der Waals surface area contributed by atoms with Crippen molar-refractivity contribution in [1.29, 1.82) is 0 Å². The zero-order valence-electron chi connectivity index (χ0n) is 17.1. The van der Waals surface area contributed by atoms with Gasteiger partial charge in [0.15, 0.2) is 5.82 Å². The number of nitrogens with one attached hydrogen (secondary N) is 3. The number of halogens is 1. The average Bonchev–Trinajstić information content (AvgIpc) is 3.60. The zero-order valence-corrected chi connectivity index (χ0v) is 17.1. The van der Waals surface area contributed by atoms with Gasteiger partial charge in [0.1, 0.15) is 18.1 Å². The third-order valence-corrected chi connectivity index (χ3v) is 5.73. The van der Waals surface area contributed by atoms with E-state index in [9.17, 15) is 4.79 Å². The van der Waals surface area contributed by atoms with Crippen molar-refractivity contribution in [2.45, 2.75) is 19.8 Å². The lowest BCUT2D eigenvalue weighted by atomic mass is 9.97. The average molecular weight is 422 g/mol. The second-order valence-electron chi connectivity index (χ2n) is 7.97. The van der Waals surface area contributed by atoms with E-state index in [0.29, 0.717) is 59.2 Å². The van der Waals surface area contributed by atoms with Gasteiger partial charge in [0.25, 0.3) is 0 Å². The van der Waals surface area contributed by atoms with Gasteiger partial charge in [-0.15, -0.1) is 0 Å². The Morgan fingerprint density at radius 3 is 2.94 bits per heavy atom. The maximum atomic E-state index is 15.2. The van der Waals surface area contributed by atoms with Gasteiger partial charge in [-0.3, -0.25) is 5.32 Å². The fraction of sp³-hybridized carbons (Fsp3) is 0.318. The first-order chi connectivity index (χ1) is 15.0. The number of hydrogen-bond acceptors (Lipinski definition) is 6. The molecule has 0 bridgehead atoms. The minimum absolute atomic E-state index is 0.00562. The smallest absolute Gasteiger partial charge is 0.320 e. The van der Waals surface area contributed by atoms with Gasteiger partial charge in [-0.05, 0) is 48.8 Å². The molecule has 1 saturated carbocycles. The summed E-state index contributed by atoms with van der Waals surface area (Å²) in [4.78, 5) is 20.6. The molecule has 2 amide bonds. The predicted molar refractivity (Wildman–Crippen MR) is 118 cm³/mol. The van der Waals surface area contributed by atoms with Gasteiger partial charge < -0.3 is 21.1 Å². The third-order valence-electron chi connectivity index (χ3n) is 5.73. The fourth-order valence-corrected chi connectivity index (χ4v) is 3.77. The molecule has 1 aliphatic heterocycles. The lowest BCUT2D eigenvalue weighted by molar-refractivity contribution is 0.251. The molecule has 5 N–H and O–H groups in total. The van der Waals surface area contributed by atoms with E-state index >= 15 is 4.39 Å². The molecule has 0 radical (unpaired) electrons. The number of nitrogen functional groups attached to an aromatic ring is 1. The van der Waals surface area contributed by atoms with Crippen molar-refractivity contribution in [2.24, 2.45) is 5.92 Å². The van der Waals surface area contributed by atoms with Gasteiger partial charge in [-0.2, -0.15) is 0 Å². The van der Waals surface area contributed by atoms with Gasteiger partial charge in [0.2, 0.25) is 5.88 Å². The zero-order chi connectivity index (χ0) is 21.5. The van der Waals surface area contributed by atoms with E-state index in [1.54, 1.807) is 18.3 Å². The largest absolute Gasteiger partial charge is 0.474 e. The van der Waals surface area contributed by atoms with Crippen LogP contribution in [0.4, 0.5) is 26.4 Å². The van der Waals surface area contributed by atoms with E-state index in [0.717, 1.165) is 24.1 Å². The molecule has 9 heteroatoms.